The van der Waals surface area contributed by atoms with Crippen molar-refractivity contribution in [2.24, 2.45) is 0 Å². The Labute approximate surface area is 124 Å². The number of rotatable bonds is 1. The molecule has 4 nitrogen and oxygen atoms in total. The molecular formula is C16H12N2O2S. The van der Waals surface area contributed by atoms with Gasteiger partial charge in [0.15, 0.2) is 4.96 Å². The molecule has 5 heteroatoms. The van der Waals surface area contributed by atoms with E-state index in [0.29, 0.717) is 10.3 Å². The molecular weight excluding hydrogens is 284 g/mol. The molecule has 0 aliphatic rings. The number of hydrogen-bond acceptors (Lipinski definition) is 4. The van der Waals surface area contributed by atoms with Crippen molar-refractivity contribution in [1.82, 2.24) is 9.38 Å². The van der Waals surface area contributed by atoms with E-state index in [1.54, 1.807) is 22.8 Å². The lowest BCUT2D eigenvalue weighted by Gasteiger charge is -1.97. The predicted molar refractivity (Wildman–Crippen MR) is 83.8 cm³/mol. The molecule has 1 aromatic carbocycles. The Hall–Kier alpha value is -2.40. The summed E-state index contributed by atoms with van der Waals surface area (Å²) in [6.45, 7) is 4.05. The maximum absolute atomic E-state index is 12.6. The second-order valence-electron chi connectivity index (χ2n) is 5.11. The highest BCUT2D eigenvalue weighted by Gasteiger charge is 2.13. The zero-order valence-electron chi connectivity index (χ0n) is 11.6. The van der Waals surface area contributed by atoms with Crippen molar-refractivity contribution in [2.45, 2.75) is 13.8 Å². The van der Waals surface area contributed by atoms with Gasteiger partial charge in [0.25, 0.3) is 5.56 Å². The van der Waals surface area contributed by atoms with Gasteiger partial charge in [-0.2, -0.15) is 0 Å². The molecule has 104 valence electrons. The van der Waals surface area contributed by atoms with Crippen molar-refractivity contribution in [3.8, 4) is 0 Å². The average Bonchev–Trinajstić information content (AvgIpc) is 3.10. The van der Waals surface area contributed by atoms with E-state index < -0.39 is 0 Å². The summed E-state index contributed by atoms with van der Waals surface area (Å²) in [4.78, 5) is 17.9. The number of aromatic nitrogens is 2. The number of hydrogen-bond donors (Lipinski definition) is 0. The summed E-state index contributed by atoms with van der Waals surface area (Å²) in [5, 5.41) is 0. The van der Waals surface area contributed by atoms with Crippen LogP contribution in [0.25, 0.3) is 22.1 Å². The van der Waals surface area contributed by atoms with Gasteiger partial charge in [0.1, 0.15) is 10.3 Å². The maximum atomic E-state index is 12.6. The summed E-state index contributed by atoms with van der Waals surface area (Å²) in [5.74, 6) is 0.674. The SMILES string of the molecule is Cc1cc(C)c2nc3sc(=Cc4ccco4)c(=O)n3c2c1. The molecule has 0 spiro atoms. The average molecular weight is 296 g/mol. The van der Waals surface area contributed by atoms with Crippen molar-refractivity contribution in [2.75, 3.05) is 0 Å². The van der Waals surface area contributed by atoms with Gasteiger partial charge in [-0.3, -0.25) is 4.79 Å². The second kappa shape index (κ2) is 4.30. The molecule has 0 saturated carbocycles. The molecule has 0 aliphatic carbocycles. The van der Waals surface area contributed by atoms with E-state index in [-0.39, 0.29) is 5.56 Å². The first-order valence-corrected chi connectivity index (χ1v) is 7.42. The second-order valence-corrected chi connectivity index (χ2v) is 6.12. The molecule has 21 heavy (non-hydrogen) atoms. The first-order chi connectivity index (χ1) is 10.1. The molecule has 3 aromatic heterocycles. The van der Waals surface area contributed by atoms with Crippen LogP contribution in [0.4, 0.5) is 0 Å². The van der Waals surface area contributed by atoms with Crippen LogP contribution >= 0.6 is 11.3 Å². The van der Waals surface area contributed by atoms with Crippen LogP contribution in [-0.4, -0.2) is 9.38 Å². The van der Waals surface area contributed by atoms with Crippen molar-refractivity contribution < 1.29 is 4.42 Å². The van der Waals surface area contributed by atoms with Crippen molar-refractivity contribution in [1.29, 1.82) is 0 Å². The number of thiazole rings is 1. The Bertz CT molecular complexity index is 1070. The molecule has 0 fully saturated rings. The minimum Gasteiger partial charge on any atom is -0.465 e. The highest BCUT2D eigenvalue weighted by atomic mass is 32.1. The molecule has 0 radical (unpaired) electrons. The smallest absolute Gasteiger partial charge is 0.275 e. The highest BCUT2D eigenvalue weighted by molar-refractivity contribution is 7.15. The third-order valence-corrected chi connectivity index (χ3v) is 4.46. The van der Waals surface area contributed by atoms with Gasteiger partial charge < -0.3 is 4.42 Å². The highest BCUT2D eigenvalue weighted by Crippen LogP contribution is 2.21. The molecule has 0 saturated heterocycles. The van der Waals surface area contributed by atoms with Gasteiger partial charge in [-0.25, -0.2) is 9.38 Å². The van der Waals surface area contributed by atoms with Gasteiger partial charge >= 0.3 is 0 Å². The van der Waals surface area contributed by atoms with E-state index in [1.165, 1.54) is 11.3 Å². The Morgan fingerprint density at radius 3 is 2.95 bits per heavy atom. The maximum Gasteiger partial charge on any atom is 0.275 e. The zero-order valence-corrected chi connectivity index (χ0v) is 12.4. The fourth-order valence-corrected chi connectivity index (χ4v) is 3.57. The lowest BCUT2D eigenvalue weighted by molar-refractivity contribution is 0.556. The number of benzene rings is 1. The van der Waals surface area contributed by atoms with Gasteiger partial charge in [-0.1, -0.05) is 17.4 Å². The lowest BCUT2D eigenvalue weighted by Crippen LogP contribution is -2.22. The zero-order chi connectivity index (χ0) is 14.6. The van der Waals surface area contributed by atoms with Crippen LogP contribution in [-0.2, 0) is 0 Å². The summed E-state index contributed by atoms with van der Waals surface area (Å²) in [6, 6.07) is 7.72. The van der Waals surface area contributed by atoms with Crippen LogP contribution in [0.15, 0.2) is 39.7 Å². The van der Waals surface area contributed by atoms with E-state index in [1.807, 2.05) is 26.0 Å². The molecule has 0 N–H and O–H groups in total. The number of imidazole rings is 1. The Balaban J connectivity index is 2.11. The summed E-state index contributed by atoms with van der Waals surface area (Å²) in [6.07, 6.45) is 3.35. The largest absolute Gasteiger partial charge is 0.465 e. The van der Waals surface area contributed by atoms with Crippen molar-refractivity contribution >= 4 is 33.4 Å². The first-order valence-electron chi connectivity index (χ1n) is 6.61. The van der Waals surface area contributed by atoms with Crippen LogP contribution in [0.5, 0.6) is 0 Å². The molecule has 0 unspecified atom stereocenters. The van der Waals surface area contributed by atoms with E-state index >= 15 is 0 Å². The molecule has 0 atom stereocenters. The van der Waals surface area contributed by atoms with Crippen molar-refractivity contribution in [3.63, 3.8) is 0 Å². The van der Waals surface area contributed by atoms with Gasteiger partial charge in [0.2, 0.25) is 0 Å². The number of nitrogens with zero attached hydrogens (tertiary/aromatic N) is 2. The summed E-state index contributed by atoms with van der Waals surface area (Å²) < 4.78 is 7.60. The fourth-order valence-electron chi connectivity index (χ4n) is 2.61. The summed E-state index contributed by atoms with van der Waals surface area (Å²) in [7, 11) is 0. The summed E-state index contributed by atoms with van der Waals surface area (Å²) >= 11 is 1.39. The Morgan fingerprint density at radius 1 is 1.33 bits per heavy atom. The standard InChI is InChI=1S/C16H12N2O2S/c1-9-6-10(2)14-12(7-9)18-15(19)13(21-16(18)17-14)8-11-4-3-5-20-11/h3-8H,1-2H3. The quantitative estimate of drug-likeness (QED) is 0.542. The van der Waals surface area contributed by atoms with E-state index in [2.05, 4.69) is 11.1 Å². The minimum atomic E-state index is -0.0427. The van der Waals surface area contributed by atoms with Gasteiger partial charge in [0.05, 0.1) is 17.3 Å². The fraction of sp³-hybridized carbons (Fsp3) is 0.125. The molecule has 4 aromatic rings. The van der Waals surface area contributed by atoms with Gasteiger partial charge in [-0.15, -0.1) is 0 Å². The van der Waals surface area contributed by atoms with E-state index in [0.717, 1.165) is 27.1 Å². The lowest BCUT2D eigenvalue weighted by atomic mass is 10.1. The minimum absolute atomic E-state index is 0.0427. The Kier molecular flexibility index (Phi) is 2.53. The number of furan rings is 1. The third kappa shape index (κ3) is 1.81. The number of aryl methyl sites for hydroxylation is 2. The van der Waals surface area contributed by atoms with Gasteiger partial charge in [0, 0.05) is 6.08 Å². The molecule has 3 heterocycles. The van der Waals surface area contributed by atoms with Crippen LogP contribution < -0.4 is 10.1 Å². The van der Waals surface area contributed by atoms with E-state index in [9.17, 15) is 4.79 Å². The molecule has 0 aliphatic heterocycles. The topological polar surface area (TPSA) is 47.5 Å². The van der Waals surface area contributed by atoms with Crippen LogP contribution in [0.1, 0.15) is 16.9 Å². The normalized spacial score (nSPS) is 12.8. The van der Waals surface area contributed by atoms with Crippen LogP contribution in [0.3, 0.4) is 0 Å². The third-order valence-electron chi connectivity index (χ3n) is 3.50. The molecule has 0 amide bonds. The number of fused-ring (bicyclic) bond motifs is 3. The Morgan fingerprint density at radius 2 is 2.19 bits per heavy atom. The van der Waals surface area contributed by atoms with Crippen molar-refractivity contribution in [3.05, 3.63) is 62.3 Å². The van der Waals surface area contributed by atoms with Crippen LogP contribution in [0, 0.1) is 13.8 Å². The monoisotopic (exact) mass is 296 g/mol. The predicted octanol–water partition coefficient (Wildman–Crippen LogP) is 2.67. The summed E-state index contributed by atoms with van der Waals surface area (Å²) in [5.41, 5.74) is 3.95. The van der Waals surface area contributed by atoms with Gasteiger partial charge in [-0.05, 0) is 43.2 Å². The van der Waals surface area contributed by atoms with E-state index in [4.69, 9.17) is 4.42 Å². The molecule has 4 rings (SSSR count). The molecule has 0 bridgehead atoms. The first kappa shape index (κ1) is 12.3. The van der Waals surface area contributed by atoms with Crippen LogP contribution in [0.2, 0.25) is 0 Å².